The largest absolute Gasteiger partial charge is 0.349 e. The molecule has 12 heavy (non-hydrogen) atoms. The van der Waals surface area contributed by atoms with Gasteiger partial charge in [0, 0.05) is 0 Å². The van der Waals surface area contributed by atoms with Crippen molar-refractivity contribution in [2.75, 3.05) is 5.88 Å². The average Bonchev–Trinajstić information content (AvgIpc) is 2.56. The van der Waals surface area contributed by atoms with E-state index in [2.05, 4.69) is 5.32 Å². The molecule has 0 aliphatic rings. The van der Waals surface area contributed by atoms with Crippen LogP contribution in [-0.2, 0) is 4.79 Å². The molecule has 0 aromatic carbocycles. The van der Waals surface area contributed by atoms with Gasteiger partial charge in [-0.2, -0.15) is 11.3 Å². The predicted molar refractivity (Wildman–Crippen MR) is 51.6 cm³/mol. The van der Waals surface area contributed by atoms with Gasteiger partial charge in [-0.25, -0.2) is 0 Å². The molecule has 1 amide bonds. The van der Waals surface area contributed by atoms with E-state index in [1.54, 1.807) is 11.3 Å². The standard InChI is InChI=1S/C8H10ClNOS/c1-6(10-8(11)4-9)7-2-3-12-5-7/h2-3,5-6H,4H2,1H3,(H,10,11). The highest BCUT2D eigenvalue weighted by Gasteiger charge is 2.07. The summed E-state index contributed by atoms with van der Waals surface area (Å²) < 4.78 is 0. The van der Waals surface area contributed by atoms with Crippen LogP contribution in [0.4, 0.5) is 0 Å². The number of alkyl halides is 1. The number of hydrogen-bond acceptors (Lipinski definition) is 2. The number of thiophene rings is 1. The van der Waals surface area contributed by atoms with Crippen molar-refractivity contribution >= 4 is 28.8 Å². The SMILES string of the molecule is CC(NC(=O)CCl)c1ccsc1. The molecule has 0 fully saturated rings. The van der Waals surface area contributed by atoms with E-state index in [0.29, 0.717) is 0 Å². The zero-order valence-electron chi connectivity index (χ0n) is 6.71. The highest BCUT2D eigenvalue weighted by molar-refractivity contribution is 7.07. The summed E-state index contributed by atoms with van der Waals surface area (Å²) in [5.74, 6) is -0.107. The van der Waals surface area contributed by atoms with Gasteiger partial charge in [0.25, 0.3) is 0 Å². The van der Waals surface area contributed by atoms with Crippen LogP contribution in [0.1, 0.15) is 18.5 Å². The molecule has 1 unspecified atom stereocenters. The number of carbonyl (C=O) groups is 1. The van der Waals surface area contributed by atoms with E-state index in [1.165, 1.54) is 0 Å². The van der Waals surface area contributed by atoms with E-state index in [0.717, 1.165) is 5.56 Å². The van der Waals surface area contributed by atoms with Crippen LogP contribution in [-0.4, -0.2) is 11.8 Å². The smallest absolute Gasteiger partial charge is 0.235 e. The second-order valence-corrected chi connectivity index (χ2v) is 3.53. The highest BCUT2D eigenvalue weighted by atomic mass is 35.5. The van der Waals surface area contributed by atoms with E-state index < -0.39 is 0 Å². The first-order valence-corrected chi connectivity index (χ1v) is 5.09. The zero-order chi connectivity index (χ0) is 8.97. The van der Waals surface area contributed by atoms with Crippen LogP contribution in [0.15, 0.2) is 16.8 Å². The number of halogens is 1. The van der Waals surface area contributed by atoms with Gasteiger partial charge in [-0.3, -0.25) is 4.79 Å². The number of nitrogens with one attached hydrogen (secondary N) is 1. The summed E-state index contributed by atoms with van der Waals surface area (Å²) in [5, 5.41) is 6.77. The molecule has 0 aliphatic carbocycles. The molecule has 0 radical (unpaired) electrons. The monoisotopic (exact) mass is 203 g/mol. The van der Waals surface area contributed by atoms with Crippen molar-refractivity contribution in [1.29, 1.82) is 0 Å². The molecule has 2 nitrogen and oxygen atoms in total. The van der Waals surface area contributed by atoms with E-state index >= 15 is 0 Å². The number of rotatable bonds is 3. The Hall–Kier alpha value is -0.540. The molecule has 4 heteroatoms. The predicted octanol–water partition coefficient (Wildman–Crippen LogP) is 2.16. The lowest BCUT2D eigenvalue weighted by Gasteiger charge is -2.10. The first-order valence-electron chi connectivity index (χ1n) is 3.61. The molecule has 1 aromatic rings. The maximum absolute atomic E-state index is 10.9. The van der Waals surface area contributed by atoms with Crippen molar-refractivity contribution < 1.29 is 4.79 Å². The van der Waals surface area contributed by atoms with Crippen LogP contribution in [0.3, 0.4) is 0 Å². The molecule has 66 valence electrons. The summed E-state index contributed by atoms with van der Waals surface area (Å²) in [4.78, 5) is 10.9. The summed E-state index contributed by atoms with van der Waals surface area (Å²) in [6, 6.07) is 2.05. The Balaban J connectivity index is 2.49. The van der Waals surface area contributed by atoms with E-state index in [-0.39, 0.29) is 17.8 Å². The number of carbonyl (C=O) groups excluding carboxylic acids is 1. The third-order valence-electron chi connectivity index (χ3n) is 1.54. The lowest BCUT2D eigenvalue weighted by atomic mass is 10.2. The maximum atomic E-state index is 10.9. The van der Waals surface area contributed by atoms with E-state index in [4.69, 9.17) is 11.6 Å². The molecule has 0 spiro atoms. The van der Waals surface area contributed by atoms with Gasteiger partial charge in [-0.15, -0.1) is 11.6 Å². The van der Waals surface area contributed by atoms with Crippen LogP contribution in [0.2, 0.25) is 0 Å². The minimum absolute atomic E-state index is 0.0223. The third kappa shape index (κ3) is 2.50. The Morgan fingerprint density at radius 1 is 1.83 bits per heavy atom. The van der Waals surface area contributed by atoms with Crippen LogP contribution >= 0.6 is 22.9 Å². The quantitative estimate of drug-likeness (QED) is 0.750. The molecule has 0 bridgehead atoms. The fourth-order valence-corrected chi connectivity index (χ4v) is 1.72. The topological polar surface area (TPSA) is 29.1 Å². The Morgan fingerprint density at radius 3 is 3.08 bits per heavy atom. The van der Waals surface area contributed by atoms with Crippen LogP contribution < -0.4 is 5.32 Å². The maximum Gasteiger partial charge on any atom is 0.235 e. The van der Waals surface area contributed by atoms with Gasteiger partial charge in [-0.1, -0.05) is 0 Å². The van der Waals surface area contributed by atoms with Crippen molar-refractivity contribution in [1.82, 2.24) is 5.32 Å². The van der Waals surface area contributed by atoms with Gasteiger partial charge in [0.15, 0.2) is 0 Å². The molecular formula is C8H10ClNOS. The molecule has 0 aliphatic heterocycles. The molecule has 0 saturated heterocycles. The molecular weight excluding hydrogens is 194 g/mol. The number of amides is 1. The molecule has 1 atom stereocenters. The van der Waals surface area contributed by atoms with Crippen LogP contribution in [0, 0.1) is 0 Å². The fraction of sp³-hybridized carbons (Fsp3) is 0.375. The van der Waals surface area contributed by atoms with Gasteiger partial charge >= 0.3 is 0 Å². The second kappa shape index (κ2) is 4.48. The van der Waals surface area contributed by atoms with Gasteiger partial charge in [0.2, 0.25) is 5.91 Å². The first kappa shape index (κ1) is 9.55. The third-order valence-corrected chi connectivity index (χ3v) is 2.49. The normalized spacial score (nSPS) is 12.5. The lowest BCUT2D eigenvalue weighted by Crippen LogP contribution is -2.27. The van der Waals surface area contributed by atoms with Crippen molar-refractivity contribution in [3.8, 4) is 0 Å². The Kier molecular flexibility index (Phi) is 3.56. The summed E-state index contributed by atoms with van der Waals surface area (Å²) >= 11 is 6.97. The Morgan fingerprint density at radius 2 is 2.58 bits per heavy atom. The van der Waals surface area contributed by atoms with E-state index in [9.17, 15) is 4.79 Å². The van der Waals surface area contributed by atoms with Crippen molar-refractivity contribution in [2.24, 2.45) is 0 Å². The van der Waals surface area contributed by atoms with Gasteiger partial charge in [0.1, 0.15) is 5.88 Å². The van der Waals surface area contributed by atoms with Crippen molar-refractivity contribution in [3.05, 3.63) is 22.4 Å². The fourth-order valence-electron chi connectivity index (χ4n) is 0.885. The summed E-state index contributed by atoms with van der Waals surface area (Å²) in [7, 11) is 0. The van der Waals surface area contributed by atoms with Gasteiger partial charge in [0.05, 0.1) is 6.04 Å². The zero-order valence-corrected chi connectivity index (χ0v) is 8.28. The van der Waals surface area contributed by atoms with Crippen molar-refractivity contribution in [2.45, 2.75) is 13.0 Å². The molecule has 1 aromatic heterocycles. The molecule has 1 heterocycles. The molecule has 0 saturated carbocycles. The molecule has 1 rings (SSSR count). The summed E-state index contributed by atoms with van der Waals surface area (Å²) in [5.41, 5.74) is 1.12. The summed E-state index contributed by atoms with van der Waals surface area (Å²) in [6.07, 6.45) is 0. The van der Waals surface area contributed by atoms with Gasteiger partial charge in [-0.05, 0) is 29.3 Å². The minimum Gasteiger partial charge on any atom is -0.349 e. The van der Waals surface area contributed by atoms with Crippen molar-refractivity contribution in [3.63, 3.8) is 0 Å². The van der Waals surface area contributed by atoms with Crippen LogP contribution in [0.25, 0.3) is 0 Å². The lowest BCUT2D eigenvalue weighted by molar-refractivity contribution is -0.119. The van der Waals surface area contributed by atoms with Crippen LogP contribution in [0.5, 0.6) is 0 Å². The Bertz CT molecular complexity index is 248. The Labute approximate surface area is 80.5 Å². The second-order valence-electron chi connectivity index (χ2n) is 2.48. The molecule has 1 N–H and O–H groups in total. The van der Waals surface area contributed by atoms with E-state index in [1.807, 2.05) is 23.8 Å². The minimum atomic E-state index is -0.129. The average molecular weight is 204 g/mol. The number of hydrogen-bond donors (Lipinski definition) is 1. The summed E-state index contributed by atoms with van der Waals surface area (Å²) in [6.45, 7) is 1.94. The van der Waals surface area contributed by atoms with Gasteiger partial charge < -0.3 is 5.32 Å². The highest BCUT2D eigenvalue weighted by Crippen LogP contribution is 2.15. The first-order chi connectivity index (χ1) is 5.74.